The van der Waals surface area contributed by atoms with Gasteiger partial charge in [0.25, 0.3) is 5.56 Å². The minimum Gasteiger partial charge on any atom is -0.465 e. The first kappa shape index (κ1) is 27.3. The maximum absolute atomic E-state index is 14.2. The van der Waals surface area contributed by atoms with Gasteiger partial charge < -0.3 is 14.9 Å². The van der Waals surface area contributed by atoms with Gasteiger partial charge in [0.2, 0.25) is 5.69 Å². The summed E-state index contributed by atoms with van der Waals surface area (Å²) >= 11 is 6.30. The maximum Gasteiger partial charge on any atom is 0.277 e. The van der Waals surface area contributed by atoms with E-state index in [4.69, 9.17) is 24.2 Å². The molecule has 2 radical (unpaired) electrons. The summed E-state index contributed by atoms with van der Waals surface area (Å²) in [7, 11) is 5.69. The second-order valence-electron chi connectivity index (χ2n) is 9.07. The predicted octanol–water partition coefficient (Wildman–Crippen LogP) is 3.21. The van der Waals surface area contributed by atoms with Crippen LogP contribution in [-0.4, -0.2) is 42.6 Å². The largest absolute Gasteiger partial charge is 0.465 e. The molecule has 1 atom stereocenters. The Morgan fingerprint density at radius 2 is 1.76 bits per heavy atom. The van der Waals surface area contributed by atoms with Crippen molar-refractivity contribution < 1.29 is 23.7 Å². The van der Waals surface area contributed by atoms with E-state index in [0.717, 1.165) is 0 Å². The second kappa shape index (κ2) is 9.86. The molecular formula is C25H21BClF2N5O4. The van der Waals surface area contributed by atoms with Gasteiger partial charge >= 0.3 is 0 Å². The van der Waals surface area contributed by atoms with Crippen molar-refractivity contribution in [1.29, 1.82) is 0 Å². The normalized spacial score (nSPS) is 13.3. The third kappa shape index (κ3) is 5.28. The van der Waals surface area contributed by atoms with Gasteiger partial charge in [-0.3, -0.25) is 14.3 Å². The molecule has 0 spiro atoms. The van der Waals surface area contributed by atoms with E-state index in [9.17, 15) is 23.8 Å². The fraction of sp³-hybridized carbons (Fsp3) is 0.240. The van der Waals surface area contributed by atoms with E-state index < -0.39 is 39.2 Å². The summed E-state index contributed by atoms with van der Waals surface area (Å²) in [5, 5.41) is 20.3. The van der Waals surface area contributed by atoms with Crippen LogP contribution in [0, 0.1) is 25.5 Å². The lowest BCUT2D eigenvalue weighted by molar-refractivity contribution is -0.0736. The van der Waals surface area contributed by atoms with Crippen molar-refractivity contribution in [2.75, 3.05) is 0 Å². The Kier molecular flexibility index (Phi) is 7.08. The number of hydrogen-bond acceptors (Lipinski definition) is 8. The zero-order valence-electron chi connectivity index (χ0n) is 20.7. The Bertz CT molecular complexity index is 1610. The van der Waals surface area contributed by atoms with E-state index in [1.807, 2.05) is 0 Å². The molecule has 0 aliphatic heterocycles. The summed E-state index contributed by atoms with van der Waals surface area (Å²) in [6, 6.07) is 5.02. The fourth-order valence-electron chi connectivity index (χ4n) is 3.64. The lowest BCUT2D eigenvalue weighted by atomic mass is 9.90. The number of ether oxygens (including phenoxy) is 1. The number of aliphatic hydroxyl groups is 2. The highest BCUT2D eigenvalue weighted by Gasteiger charge is 2.32. The van der Waals surface area contributed by atoms with Gasteiger partial charge in [-0.15, -0.1) is 0 Å². The average molecular weight is 540 g/mol. The molecule has 4 aromatic rings. The zero-order valence-corrected chi connectivity index (χ0v) is 21.5. The van der Waals surface area contributed by atoms with E-state index in [2.05, 4.69) is 19.9 Å². The van der Waals surface area contributed by atoms with Gasteiger partial charge in [-0.05, 0) is 45.4 Å². The van der Waals surface area contributed by atoms with Crippen LogP contribution in [0.25, 0.3) is 17.1 Å². The summed E-state index contributed by atoms with van der Waals surface area (Å²) in [4.78, 5) is 29.6. The molecule has 13 heteroatoms. The number of halogens is 3. The number of rotatable bonds is 6. The van der Waals surface area contributed by atoms with Gasteiger partial charge in [0.1, 0.15) is 27.9 Å². The first-order valence-corrected chi connectivity index (χ1v) is 11.5. The summed E-state index contributed by atoms with van der Waals surface area (Å²) in [5.74, 6) is -2.39. The van der Waals surface area contributed by atoms with E-state index in [0.29, 0.717) is 40.6 Å². The molecule has 0 amide bonds. The highest BCUT2D eigenvalue weighted by Crippen LogP contribution is 2.31. The Morgan fingerprint density at radius 3 is 2.42 bits per heavy atom. The number of hydrogen-bond donors (Lipinski definition) is 2. The molecule has 0 saturated heterocycles. The van der Waals surface area contributed by atoms with Crippen LogP contribution in [-0.2, 0) is 11.3 Å². The first-order valence-electron chi connectivity index (χ1n) is 11.2. The summed E-state index contributed by atoms with van der Waals surface area (Å²) < 4.78 is 33.9. The number of aromatic nitrogens is 5. The molecular weight excluding hydrogens is 519 g/mol. The lowest BCUT2D eigenvalue weighted by Crippen LogP contribution is -2.36. The van der Waals surface area contributed by atoms with E-state index in [-0.39, 0.29) is 11.6 Å². The van der Waals surface area contributed by atoms with Gasteiger partial charge in [0.05, 0.1) is 23.3 Å². The van der Waals surface area contributed by atoms with Gasteiger partial charge in [-0.2, -0.15) is 0 Å². The quantitative estimate of drug-likeness (QED) is 0.283. The highest BCUT2D eigenvalue weighted by molar-refractivity contribution is 6.32. The molecule has 1 unspecified atom stereocenters. The van der Waals surface area contributed by atoms with E-state index >= 15 is 0 Å². The van der Waals surface area contributed by atoms with Crippen LogP contribution in [0.4, 0.5) is 8.78 Å². The van der Waals surface area contributed by atoms with Crippen molar-refractivity contribution in [2.45, 2.75) is 39.0 Å². The van der Waals surface area contributed by atoms with Crippen molar-refractivity contribution in [3.8, 4) is 22.8 Å². The summed E-state index contributed by atoms with van der Waals surface area (Å²) in [6.45, 7) is 6.42. The predicted molar refractivity (Wildman–Crippen MR) is 135 cm³/mol. The molecule has 0 aliphatic rings. The minimum absolute atomic E-state index is 0.193. The van der Waals surface area contributed by atoms with E-state index in [1.165, 1.54) is 16.8 Å². The zero-order chi connectivity index (χ0) is 28.0. The second-order valence-corrected chi connectivity index (χ2v) is 9.45. The Balaban J connectivity index is 1.78. The van der Waals surface area contributed by atoms with Crippen molar-refractivity contribution in [3.05, 3.63) is 92.6 Å². The van der Waals surface area contributed by atoms with Crippen LogP contribution in [0.5, 0.6) is 5.75 Å². The number of pyridine rings is 3. The van der Waals surface area contributed by atoms with Crippen molar-refractivity contribution in [1.82, 2.24) is 24.5 Å². The Hall–Kier alpha value is -3.74. The molecule has 4 heterocycles. The molecule has 4 aromatic heterocycles. The topological polar surface area (TPSA) is 123 Å². The maximum atomic E-state index is 14.2. The molecule has 0 aromatic carbocycles. The van der Waals surface area contributed by atoms with Gasteiger partial charge in [-0.1, -0.05) is 11.6 Å². The van der Waals surface area contributed by atoms with Crippen molar-refractivity contribution in [3.63, 3.8) is 0 Å². The molecule has 9 nitrogen and oxygen atoms in total. The molecule has 2 N–H and O–H groups in total. The number of nitrogens with zero attached hydrogens (tertiary/aromatic N) is 5. The summed E-state index contributed by atoms with van der Waals surface area (Å²) in [6.07, 6.45) is 3.68. The van der Waals surface area contributed by atoms with Crippen molar-refractivity contribution in [2.24, 2.45) is 0 Å². The summed E-state index contributed by atoms with van der Waals surface area (Å²) in [5.41, 5.74) is -3.51. The molecule has 4 rings (SSSR count). The first-order chi connectivity index (χ1) is 17.7. The van der Waals surface area contributed by atoms with Gasteiger partial charge in [0, 0.05) is 30.2 Å². The van der Waals surface area contributed by atoms with Gasteiger partial charge in [-0.25, -0.2) is 23.7 Å². The van der Waals surface area contributed by atoms with Crippen LogP contribution in [0.1, 0.15) is 36.6 Å². The molecule has 0 bridgehead atoms. The fourth-order valence-corrected chi connectivity index (χ4v) is 3.82. The molecule has 194 valence electrons. The van der Waals surface area contributed by atoms with Crippen LogP contribution in [0.15, 0.2) is 47.7 Å². The molecule has 0 aliphatic carbocycles. The third-order valence-corrected chi connectivity index (χ3v) is 5.84. The van der Waals surface area contributed by atoms with Crippen LogP contribution in [0.3, 0.4) is 0 Å². The SMILES string of the molecule is [B]C(O)(Oc1cc(C)n(-c2cc(-c3ccnc(C(C)(C)O)n3)ncc2C)c(=O)c1Cl)c1ncc(F)cc1F. The standard InChI is InChI=1S/C25H21BClF2N5O4/c1-12-10-31-17(16-5-6-30-23(33-16)24(3,4)36)9-18(12)34-13(2)7-19(20(27)22(34)35)38-25(26,37)21-15(29)8-14(28)11-32-21/h5-11,36-37H,1-4H3. The molecule has 38 heavy (non-hydrogen) atoms. The Labute approximate surface area is 222 Å². The lowest BCUT2D eigenvalue weighted by Gasteiger charge is -2.26. The van der Waals surface area contributed by atoms with Crippen LogP contribution < -0.4 is 10.3 Å². The van der Waals surface area contributed by atoms with Gasteiger partial charge in [0.15, 0.2) is 19.5 Å². The Morgan fingerprint density at radius 1 is 1.05 bits per heavy atom. The molecule has 0 saturated carbocycles. The smallest absolute Gasteiger partial charge is 0.277 e. The van der Waals surface area contributed by atoms with E-state index in [1.54, 1.807) is 46.0 Å². The average Bonchev–Trinajstić information content (AvgIpc) is 2.82. The third-order valence-electron chi connectivity index (χ3n) is 5.49. The molecule has 0 fully saturated rings. The highest BCUT2D eigenvalue weighted by atomic mass is 35.5. The minimum atomic E-state index is -2.86. The van der Waals surface area contributed by atoms with Crippen molar-refractivity contribution >= 4 is 19.4 Å². The monoisotopic (exact) mass is 539 g/mol. The number of aryl methyl sites for hydroxylation is 2. The van der Waals surface area contributed by atoms with Crippen LogP contribution in [0.2, 0.25) is 5.02 Å². The van der Waals surface area contributed by atoms with Crippen LogP contribution >= 0.6 is 11.6 Å².